The summed E-state index contributed by atoms with van der Waals surface area (Å²) < 4.78 is 93.2. The minimum Gasteiger partial charge on any atom is -0.390 e. The number of rotatable bonds is 20. The largest absolute Gasteiger partial charge is 0.390 e. The number of aliphatic hydroxyl groups excluding tert-OH is 4. The van der Waals surface area contributed by atoms with Crippen LogP contribution < -0.4 is 16.4 Å². The first-order valence-electron chi connectivity index (χ1n) is 37.6. The molecule has 4 aromatic carbocycles. The number of alkyl halides is 4. The van der Waals surface area contributed by atoms with Gasteiger partial charge in [-0.05, 0) is 166 Å². The van der Waals surface area contributed by atoms with Gasteiger partial charge in [-0.15, -0.1) is 0 Å². The Morgan fingerprint density at radius 2 is 0.917 bits per heavy atom. The van der Waals surface area contributed by atoms with Crippen molar-refractivity contribution in [1.29, 1.82) is 0 Å². The first-order valence-corrected chi connectivity index (χ1v) is 37.6. The van der Waals surface area contributed by atoms with E-state index in [1.165, 1.54) is 38.2 Å². The van der Waals surface area contributed by atoms with E-state index in [9.17, 15) is 58.8 Å². The van der Waals surface area contributed by atoms with Gasteiger partial charge in [0, 0.05) is 86.6 Å². The summed E-state index contributed by atoms with van der Waals surface area (Å²) >= 11 is 0. The molecule has 0 bridgehead atoms. The molecule has 0 spiro atoms. The quantitative estimate of drug-likeness (QED) is 0.0405. The van der Waals surface area contributed by atoms with Crippen molar-refractivity contribution in [3.05, 3.63) is 178 Å². The van der Waals surface area contributed by atoms with Gasteiger partial charge in [0.25, 0.3) is 0 Å². The minimum absolute atomic E-state index is 0.0170. The van der Waals surface area contributed by atoms with Gasteiger partial charge in [0.1, 0.15) is 37.1 Å². The number of Topliss-reactive ketones (excluding diaryl/α,β-unsaturated/α-hetero) is 4. The van der Waals surface area contributed by atoms with Crippen LogP contribution in [0, 0.1) is 63.1 Å². The number of hydrogen-bond acceptors (Lipinski definition) is 17. The van der Waals surface area contributed by atoms with Crippen molar-refractivity contribution < 1.29 is 95.3 Å². The van der Waals surface area contributed by atoms with Crippen molar-refractivity contribution in [3.63, 3.8) is 0 Å². The van der Waals surface area contributed by atoms with E-state index in [0.717, 1.165) is 34.4 Å². The molecule has 10 aliphatic rings. The second kappa shape index (κ2) is 28.8. The maximum absolute atomic E-state index is 17.7. The fraction of sp³-hybridized carbons (Fsp3) is 0.529. The van der Waals surface area contributed by atoms with E-state index in [1.54, 1.807) is 46.8 Å². The molecule has 8 N–H and O–H groups in total. The van der Waals surface area contributed by atoms with Crippen molar-refractivity contribution in [2.75, 3.05) is 23.8 Å². The van der Waals surface area contributed by atoms with Crippen LogP contribution in [0.4, 0.5) is 28.9 Å². The Labute approximate surface area is 625 Å². The highest BCUT2D eigenvalue weighted by atomic mass is 19.2. The van der Waals surface area contributed by atoms with Crippen LogP contribution in [0.1, 0.15) is 160 Å². The number of nitrogens with one attached hydrogen (secondary N) is 2. The van der Waals surface area contributed by atoms with Gasteiger partial charge in [-0.2, -0.15) is 0 Å². The lowest BCUT2D eigenvalue weighted by Gasteiger charge is -2.63. The average molecular weight is 1490 g/mol. The molecule has 0 radical (unpaired) electrons. The second-order valence-electron chi connectivity index (χ2n) is 33.3. The van der Waals surface area contributed by atoms with E-state index in [4.69, 9.17) is 24.7 Å². The Kier molecular flexibility index (Phi) is 20.9. The van der Waals surface area contributed by atoms with Gasteiger partial charge in [0.2, 0.25) is 11.8 Å². The molecule has 19 nitrogen and oxygen atoms in total. The highest BCUT2D eigenvalue weighted by molar-refractivity contribution is 6.02. The molecule has 6 saturated carbocycles. The lowest BCUT2D eigenvalue weighted by molar-refractivity contribution is -0.235. The number of hydrogen-bond donors (Lipinski definition) is 7. The molecule has 8 fully saturated rings. The summed E-state index contributed by atoms with van der Waals surface area (Å²) in [5.74, 6) is -7.22. The Hall–Kier alpha value is -7.84. The maximum Gasteiger partial charge on any atom is 0.227 e. The van der Waals surface area contributed by atoms with E-state index < -0.39 is 171 Å². The summed E-state index contributed by atoms with van der Waals surface area (Å²) in [6.07, 6.45) is -2.13. The van der Waals surface area contributed by atoms with Gasteiger partial charge in [-0.25, -0.2) is 17.6 Å². The third kappa shape index (κ3) is 12.5. The number of carbonyl (C=O) groups is 8. The zero-order chi connectivity index (χ0) is 77.9. The summed E-state index contributed by atoms with van der Waals surface area (Å²) in [5, 5.41) is 49.8. The van der Waals surface area contributed by atoms with Crippen LogP contribution in [0.2, 0.25) is 0 Å². The molecule has 576 valence electrons. The predicted molar refractivity (Wildman–Crippen MR) is 390 cm³/mol. The lowest BCUT2D eigenvalue weighted by Crippen LogP contribution is -2.70. The summed E-state index contributed by atoms with van der Waals surface area (Å²) in [5.41, 5.74) is -1.71. The highest BCUT2D eigenvalue weighted by Gasteiger charge is 2.82. The average Bonchev–Trinajstić information content (AvgIpc) is 1.45. The summed E-state index contributed by atoms with van der Waals surface area (Å²) in [4.78, 5) is 102. The molecule has 2 aliphatic heterocycles. The van der Waals surface area contributed by atoms with Crippen LogP contribution >= 0.6 is 0 Å². The third-order valence-electron chi connectivity index (χ3n) is 26.6. The number of amides is 2. The summed E-state index contributed by atoms with van der Waals surface area (Å²) in [6, 6.07) is 29.2. The normalized spacial score (nSPS) is 37.4. The van der Waals surface area contributed by atoms with E-state index in [0.29, 0.717) is 35.3 Å². The van der Waals surface area contributed by atoms with E-state index in [1.807, 2.05) is 98.8 Å². The van der Waals surface area contributed by atoms with Gasteiger partial charge < -0.3 is 55.7 Å². The van der Waals surface area contributed by atoms with E-state index >= 15 is 17.6 Å². The molecule has 2 saturated heterocycles. The molecule has 23 heteroatoms. The van der Waals surface area contributed by atoms with Crippen molar-refractivity contribution >= 4 is 57.9 Å². The Bertz CT molecular complexity index is 4130. The van der Waals surface area contributed by atoms with E-state index in [2.05, 4.69) is 10.6 Å². The first kappa shape index (κ1) is 78.3. The zero-order valence-electron chi connectivity index (χ0n) is 62.2. The summed E-state index contributed by atoms with van der Waals surface area (Å²) in [7, 11) is 0. The smallest absolute Gasteiger partial charge is 0.227 e. The highest BCUT2D eigenvalue weighted by Crippen LogP contribution is 2.75. The molecule has 4 aromatic rings. The number of fused-ring (bicyclic) bond motifs is 14. The number of nitrogens with two attached hydrogens (primary N) is 1. The van der Waals surface area contributed by atoms with Crippen LogP contribution in [-0.2, 0) is 70.1 Å². The number of carbonyl (C=O) groups excluding carboxylic acids is 8. The fourth-order valence-corrected chi connectivity index (χ4v) is 20.7. The van der Waals surface area contributed by atoms with Crippen molar-refractivity contribution in [1.82, 2.24) is 0 Å². The third-order valence-corrected chi connectivity index (χ3v) is 26.6. The number of aliphatic hydroxyl groups is 4. The summed E-state index contributed by atoms with van der Waals surface area (Å²) in [6.45, 7) is 13.5. The minimum atomic E-state index is -2.33. The van der Waals surface area contributed by atoms with Crippen LogP contribution in [0.15, 0.2) is 145 Å². The molecule has 0 unspecified atom stereocenters. The molecule has 2 heterocycles. The number of halogens is 4. The van der Waals surface area contributed by atoms with Gasteiger partial charge in [0.05, 0.1) is 30.5 Å². The van der Waals surface area contributed by atoms with Gasteiger partial charge in [0.15, 0.2) is 58.3 Å². The SMILES string of the molecule is CC(C)C(=O)C[C@@H](C)C(=O)Nc1cccc(Cc2ccc([C@@H]3O[C@@H]4C[C@H]5[C@@H]6C[C@H](F)C7=CC(=O)C=C[C@]7(C)[C@@]6(F)[C@@H](O)C[C@]5(C)[C@]4(C(=O)CO)O3)cc2)c1.C[C@H](N)C(=O)C[C@@H](C)C(=O)Nc1cccc(Cc2ccc([C@@H]3O[C@@H]4C[C@H]5[C@@H]6C[C@H](F)C7=CC(=O)C=C[C@]7(C)[C@@]6(F)[C@@H](O)C[C@]5(C)[C@]4(C(=O)CO)O3)cc2)c1. The number of ether oxygens (including phenoxy) is 4. The molecule has 0 aromatic heterocycles. The zero-order valence-corrected chi connectivity index (χ0v) is 62.2. The Balaban J connectivity index is 0.000000190. The maximum atomic E-state index is 17.7. The molecule has 23 atom stereocenters. The fourth-order valence-electron chi connectivity index (χ4n) is 20.7. The predicted octanol–water partition coefficient (Wildman–Crippen LogP) is 10.9. The van der Waals surface area contributed by atoms with E-state index in [-0.39, 0.29) is 91.8 Å². The second-order valence-corrected chi connectivity index (χ2v) is 33.3. The molecule has 2 amide bonds. The molecule has 108 heavy (non-hydrogen) atoms. The van der Waals surface area contributed by atoms with Crippen LogP contribution in [0.25, 0.3) is 0 Å². The lowest BCUT2D eigenvalue weighted by atomic mass is 9.44. The topological polar surface area (TPSA) is 304 Å². The number of ketones is 6. The number of benzene rings is 4. The van der Waals surface area contributed by atoms with Crippen LogP contribution in [0.5, 0.6) is 0 Å². The number of allylic oxidation sites excluding steroid dienone is 8. The van der Waals surface area contributed by atoms with Gasteiger partial charge in [-0.1, -0.05) is 126 Å². The van der Waals surface area contributed by atoms with Crippen molar-refractivity contribution in [2.24, 2.45) is 68.8 Å². The monoisotopic (exact) mass is 1490 g/mol. The first-order chi connectivity index (χ1) is 51.0. The van der Waals surface area contributed by atoms with Crippen molar-refractivity contribution in [2.45, 2.75) is 204 Å². The Morgan fingerprint density at radius 3 is 1.28 bits per heavy atom. The van der Waals surface area contributed by atoms with Gasteiger partial charge >= 0.3 is 0 Å². The standard InChI is InChI=1S/C43H49F2NO8.C42H48F2N2O8/c1-23(2)34(49)15-24(3)38(52)46-28-8-6-7-26(17-28)16-25-9-11-27(12-10-25)39-53-37-20-30-31-19-33(44)32-18-29(48)13-14-40(32,4)42(31,45)35(50)21-41(30,5)43(37,54-39)36(51)22-47;1-22(14-33(49)23(2)45)37(52)46-27-7-5-6-25(16-27)15-24-8-10-26(11-9-24)38-53-36-19-29-30-18-32(43)31-17-28(48)12-13-39(31,3)41(30,44)34(50)20-40(29,4)42(36,54-38)35(51)21-47/h6-14,17-18,23-24,30-31,33,35,37,39,47,50H,15-16,19-22H2,1-5H3,(H,46,52);5-13,16-17,22-23,29-30,32,34,36,38,47,50H,14-15,18-21,45H2,1-4H3,(H,46,52)/t24-,30+,31+,33+,35+,37-,39-,40+,41+,42+,43-;22-,23+,29+,30+,32+,34+,36-,38-,39+,40+,41+,42-/m11/s1. The van der Waals surface area contributed by atoms with Crippen molar-refractivity contribution in [3.8, 4) is 0 Å². The van der Waals surface area contributed by atoms with Crippen LogP contribution in [-0.4, -0.2) is 145 Å². The number of anilines is 2. The Morgan fingerprint density at radius 1 is 0.537 bits per heavy atom. The molecular formula is C85H97F4N3O16. The van der Waals surface area contributed by atoms with Crippen LogP contribution in [0.3, 0.4) is 0 Å². The molecule has 14 rings (SSSR count). The van der Waals surface area contributed by atoms with Gasteiger partial charge in [-0.3, -0.25) is 38.4 Å². The molecular weight excluding hydrogens is 1390 g/mol. The molecule has 8 aliphatic carbocycles.